The van der Waals surface area contributed by atoms with Crippen molar-refractivity contribution in [3.8, 4) is 0 Å². The first kappa shape index (κ1) is 20.4. The lowest BCUT2D eigenvalue weighted by Crippen LogP contribution is -2.48. The first-order valence-corrected chi connectivity index (χ1v) is 11.7. The van der Waals surface area contributed by atoms with E-state index >= 15 is 0 Å². The molecule has 1 fully saturated rings. The summed E-state index contributed by atoms with van der Waals surface area (Å²) in [6.07, 6.45) is 6.19. The molecule has 1 amide bonds. The van der Waals surface area contributed by atoms with E-state index in [0.717, 1.165) is 16.3 Å². The maximum Gasteiger partial charge on any atom is 0.243 e. The maximum absolute atomic E-state index is 12.4. The van der Waals surface area contributed by atoms with Crippen molar-refractivity contribution in [3.05, 3.63) is 29.3 Å². The summed E-state index contributed by atoms with van der Waals surface area (Å²) in [7, 11) is -3.61. The third kappa shape index (κ3) is 6.08. The Bertz CT molecular complexity index is 691. The van der Waals surface area contributed by atoms with Crippen LogP contribution in [0.5, 0.6) is 0 Å². The highest BCUT2D eigenvalue weighted by atomic mass is 35.5. The van der Waals surface area contributed by atoms with Crippen molar-refractivity contribution in [2.45, 2.75) is 43.9 Å². The van der Waals surface area contributed by atoms with Crippen LogP contribution in [-0.2, 0) is 14.8 Å². The van der Waals surface area contributed by atoms with Gasteiger partial charge in [0.15, 0.2) is 0 Å². The highest BCUT2D eigenvalue weighted by Crippen LogP contribution is 2.29. The van der Waals surface area contributed by atoms with Gasteiger partial charge < -0.3 is 5.32 Å². The number of hydrogen-bond donors (Lipinski definition) is 1. The third-order valence-electron chi connectivity index (χ3n) is 4.21. The molecule has 5 nitrogen and oxygen atoms in total. The zero-order chi connectivity index (χ0) is 18.4. The second-order valence-corrected chi connectivity index (χ2v) is 9.99. The number of nitrogens with zero attached hydrogens (tertiary/aromatic N) is 1. The van der Waals surface area contributed by atoms with Crippen LogP contribution in [-0.4, -0.2) is 44.2 Å². The van der Waals surface area contributed by atoms with Crippen LogP contribution in [0.1, 0.15) is 32.6 Å². The second kappa shape index (κ2) is 9.14. The van der Waals surface area contributed by atoms with Gasteiger partial charge in [-0.05, 0) is 38.0 Å². The van der Waals surface area contributed by atoms with Crippen molar-refractivity contribution in [3.63, 3.8) is 0 Å². The summed E-state index contributed by atoms with van der Waals surface area (Å²) in [6.45, 7) is 2.12. The summed E-state index contributed by atoms with van der Waals surface area (Å²) in [5.74, 6) is 0.538. The Kier molecular flexibility index (Phi) is 7.46. The normalized spacial score (nSPS) is 16.6. The predicted octanol–water partition coefficient (Wildman–Crippen LogP) is 3.29. The van der Waals surface area contributed by atoms with E-state index in [-0.39, 0.29) is 5.91 Å². The van der Waals surface area contributed by atoms with Crippen LogP contribution in [0.4, 0.5) is 5.69 Å². The summed E-state index contributed by atoms with van der Waals surface area (Å²) in [6, 6.07) is 5.66. The van der Waals surface area contributed by atoms with E-state index in [9.17, 15) is 13.2 Å². The Labute approximate surface area is 159 Å². The van der Waals surface area contributed by atoms with Crippen molar-refractivity contribution in [1.29, 1.82) is 0 Å². The molecule has 8 heteroatoms. The minimum Gasteiger partial charge on any atom is -0.353 e. The molecular formula is C17H25ClN2O3S2. The lowest BCUT2D eigenvalue weighted by molar-refractivity contribution is -0.121. The molecule has 2 rings (SSSR count). The van der Waals surface area contributed by atoms with Gasteiger partial charge in [-0.3, -0.25) is 9.10 Å². The summed E-state index contributed by atoms with van der Waals surface area (Å²) in [5.41, 5.74) is 0.387. The third-order valence-corrected chi connectivity index (χ3v) is 7.07. The van der Waals surface area contributed by atoms with Crippen LogP contribution >= 0.6 is 23.4 Å². The molecule has 1 N–H and O–H groups in total. The SMILES string of the molecule is C[C@@H](C(=O)NCCSC1CCCC1)N(c1cccc(Cl)c1)S(C)(=O)=O. The van der Waals surface area contributed by atoms with Crippen LogP contribution in [0, 0.1) is 0 Å². The molecule has 140 valence electrons. The highest BCUT2D eigenvalue weighted by molar-refractivity contribution is 7.99. The van der Waals surface area contributed by atoms with E-state index < -0.39 is 16.1 Å². The summed E-state index contributed by atoms with van der Waals surface area (Å²) in [5, 5.41) is 3.97. The molecule has 0 unspecified atom stereocenters. The van der Waals surface area contributed by atoms with E-state index in [2.05, 4.69) is 5.32 Å². The Morgan fingerprint density at radius 1 is 1.40 bits per heavy atom. The van der Waals surface area contributed by atoms with Gasteiger partial charge in [0.25, 0.3) is 0 Å². The molecule has 0 aromatic heterocycles. The second-order valence-electron chi connectivity index (χ2n) is 6.28. The molecule has 1 aromatic rings. The lowest BCUT2D eigenvalue weighted by Gasteiger charge is -2.28. The fourth-order valence-corrected chi connectivity index (χ4v) is 5.60. The molecular weight excluding hydrogens is 380 g/mol. The van der Waals surface area contributed by atoms with E-state index in [1.807, 2.05) is 11.8 Å². The molecule has 1 saturated carbocycles. The van der Waals surface area contributed by atoms with Crippen LogP contribution in [0.15, 0.2) is 24.3 Å². The minimum atomic E-state index is -3.61. The molecule has 1 atom stereocenters. The summed E-state index contributed by atoms with van der Waals surface area (Å²) in [4.78, 5) is 12.4. The Hall–Kier alpha value is -0.920. The summed E-state index contributed by atoms with van der Waals surface area (Å²) < 4.78 is 25.5. The topological polar surface area (TPSA) is 66.5 Å². The van der Waals surface area contributed by atoms with Gasteiger partial charge in [0.2, 0.25) is 15.9 Å². The number of anilines is 1. The number of rotatable bonds is 8. The highest BCUT2D eigenvalue weighted by Gasteiger charge is 2.29. The zero-order valence-corrected chi connectivity index (χ0v) is 17.0. The number of carbonyl (C=O) groups is 1. The summed E-state index contributed by atoms with van der Waals surface area (Å²) >= 11 is 7.85. The number of sulfonamides is 1. The molecule has 0 saturated heterocycles. The Balaban J connectivity index is 1.96. The van der Waals surface area contributed by atoms with E-state index in [1.165, 1.54) is 25.7 Å². The van der Waals surface area contributed by atoms with E-state index in [0.29, 0.717) is 22.5 Å². The van der Waals surface area contributed by atoms with E-state index in [4.69, 9.17) is 11.6 Å². The molecule has 1 aromatic carbocycles. The van der Waals surface area contributed by atoms with Crippen molar-refractivity contribution in [2.24, 2.45) is 0 Å². The van der Waals surface area contributed by atoms with Crippen molar-refractivity contribution in [2.75, 3.05) is 22.9 Å². The Morgan fingerprint density at radius 3 is 2.68 bits per heavy atom. The van der Waals surface area contributed by atoms with Gasteiger partial charge in [0.05, 0.1) is 11.9 Å². The fraction of sp³-hybridized carbons (Fsp3) is 0.588. The number of thioether (sulfide) groups is 1. The van der Waals surface area contributed by atoms with Gasteiger partial charge in [0, 0.05) is 22.6 Å². The molecule has 0 bridgehead atoms. The fourth-order valence-electron chi connectivity index (χ4n) is 3.02. The monoisotopic (exact) mass is 404 g/mol. The van der Waals surface area contributed by atoms with Gasteiger partial charge in [-0.25, -0.2) is 8.42 Å². The van der Waals surface area contributed by atoms with Crippen molar-refractivity contribution < 1.29 is 13.2 Å². The smallest absolute Gasteiger partial charge is 0.243 e. The molecule has 0 spiro atoms. The maximum atomic E-state index is 12.4. The molecule has 25 heavy (non-hydrogen) atoms. The van der Waals surface area contributed by atoms with Gasteiger partial charge in [0.1, 0.15) is 6.04 Å². The number of halogens is 1. The lowest BCUT2D eigenvalue weighted by atomic mass is 10.2. The standard InChI is InChI=1S/C17H25ClN2O3S2/c1-13(17(21)19-10-11-24-16-8-3-4-9-16)20(25(2,22)23)15-7-5-6-14(18)12-15/h5-7,12-13,16H,3-4,8-11H2,1-2H3,(H,19,21)/t13-/m0/s1. The van der Waals surface area contributed by atoms with Crippen LogP contribution in [0.3, 0.4) is 0 Å². The number of hydrogen-bond acceptors (Lipinski definition) is 4. The number of benzene rings is 1. The molecule has 1 aliphatic carbocycles. The number of carbonyl (C=O) groups excluding carboxylic acids is 1. The van der Waals surface area contributed by atoms with Gasteiger partial charge in [-0.1, -0.05) is 30.5 Å². The van der Waals surface area contributed by atoms with Crippen LogP contribution in [0.2, 0.25) is 5.02 Å². The number of amides is 1. The average molecular weight is 405 g/mol. The molecule has 0 heterocycles. The Morgan fingerprint density at radius 2 is 2.08 bits per heavy atom. The number of nitrogens with one attached hydrogen (secondary N) is 1. The van der Waals surface area contributed by atoms with Gasteiger partial charge in [-0.15, -0.1) is 0 Å². The van der Waals surface area contributed by atoms with Crippen LogP contribution < -0.4 is 9.62 Å². The predicted molar refractivity (Wildman–Crippen MR) is 106 cm³/mol. The van der Waals surface area contributed by atoms with Crippen molar-refractivity contribution in [1.82, 2.24) is 5.32 Å². The quantitative estimate of drug-likeness (QED) is 0.675. The zero-order valence-electron chi connectivity index (χ0n) is 14.6. The average Bonchev–Trinajstić information content (AvgIpc) is 3.03. The minimum absolute atomic E-state index is 0.308. The molecule has 1 aliphatic rings. The molecule has 0 radical (unpaired) electrons. The first-order chi connectivity index (χ1) is 11.8. The first-order valence-electron chi connectivity index (χ1n) is 8.43. The van der Waals surface area contributed by atoms with Gasteiger partial charge >= 0.3 is 0 Å². The van der Waals surface area contributed by atoms with Gasteiger partial charge in [-0.2, -0.15) is 11.8 Å². The van der Waals surface area contributed by atoms with Crippen molar-refractivity contribution >= 4 is 45.0 Å². The van der Waals surface area contributed by atoms with E-state index in [1.54, 1.807) is 31.2 Å². The largest absolute Gasteiger partial charge is 0.353 e. The van der Waals surface area contributed by atoms with Crippen LogP contribution in [0.25, 0.3) is 0 Å². The molecule has 0 aliphatic heterocycles.